The van der Waals surface area contributed by atoms with Gasteiger partial charge in [-0.15, -0.1) is 0 Å². The molecule has 1 aliphatic heterocycles. The summed E-state index contributed by atoms with van der Waals surface area (Å²) >= 11 is 0. The molecule has 1 fully saturated rings. The lowest BCUT2D eigenvalue weighted by Crippen LogP contribution is -2.47. The van der Waals surface area contributed by atoms with E-state index >= 15 is 0 Å². The van der Waals surface area contributed by atoms with E-state index in [-0.39, 0.29) is 11.1 Å². The van der Waals surface area contributed by atoms with E-state index in [9.17, 15) is 10.0 Å². The number of rotatable bonds is 6. The van der Waals surface area contributed by atoms with Gasteiger partial charge in [0.15, 0.2) is 8.32 Å². The second kappa shape index (κ2) is 7.42. The minimum Gasteiger partial charge on any atom is -0.447 e. The van der Waals surface area contributed by atoms with Crippen LogP contribution < -0.4 is 11.2 Å². The van der Waals surface area contributed by atoms with Crippen LogP contribution in [0, 0.1) is 0 Å². The predicted octanol–water partition coefficient (Wildman–Crippen LogP) is 3.24. The van der Waals surface area contributed by atoms with Crippen molar-refractivity contribution in [1.29, 1.82) is 0 Å². The maximum absolute atomic E-state index is 12.6. The van der Waals surface area contributed by atoms with Gasteiger partial charge < -0.3 is 20.1 Å². The fraction of sp³-hybridized carbons (Fsp3) is 0.650. The largest absolute Gasteiger partial charge is 0.447 e. The highest BCUT2D eigenvalue weighted by molar-refractivity contribution is 6.74. The van der Waals surface area contributed by atoms with Gasteiger partial charge in [-0.05, 0) is 47.7 Å². The Morgan fingerprint density at radius 1 is 1.43 bits per heavy atom. The number of hydroxylamine groups is 1. The van der Waals surface area contributed by atoms with Gasteiger partial charge in [0, 0.05) is 6.54 Å². The molecule has 4 N–H and O–H groups in total. The van der Waals surface area contributed by atoms with Crippen molar-refractivity contribution >= 4 is 14.4 Å². The number of amides is 1. The van der Waals surface area contributed by atoms with Crippen molar-refractivity contribution < 1.29 is 19.2 Å². The topological polar surface area (TPSA) is 97.0 Å². The summed E-state index contributed by atoms with van der Waals surface area (Å²) < 4.78 is 11.8. The standard InChI is InChI=1S/C20H33N3O4Si/c1-19(2,3)28(4,5)27-12-11-23-18(24)26-13-20(23)10-9-14-15(17(21)22-25)7-6-8-16(14)20/h6-8,17,22,25H,9-13,21H2,1-5H3. The van der Waals surface area contributed by atoms with Crippen molar-refractivity contribution in [1.82, 2.24) is 10.4 Å². The highest BCUT2D eigenvalue weighted by Crippen LogP contribution is 2.47. The van der Waals surface area contributed by atoms with Crippen molar-refractivity contribution in [3.05, 3.63) is 34.9 Å². The summed E-state index contributed by atoms with van der Waals surface area (Å²) in [6.07, 6.45) is 0.626. The Kier molecular flexibility index (Phi) is 5.63. The van der Waals surface area contributed by atoms with Crippen LogP contribution in [0.2, 0.25) is 18.1 Å². The molecular weight excluding hydrogens is 374 g/mol. The molecule has 3 rings (SSSR count). The first kappa shape index (κ1) is 21.3. The van der Waals surface area contributed by atoms with E-state index in [0.29, 0.717) is 19.8 Å². The quantitative estimate of drug-likeness (QED) is 0.380. The van der Waals surface area contributed by atoms with Gasteiger partial charge in [-0.2, -0.15) is 5.48 Å². The predicted molar refractivity (Wildman–Crippen MR) is 109 cm³/mol. The fourth-order valence-corrected chi connectivity index (χ4v) is 5.04. The van der Waals surface area contributed by atoms with Crippen molar-refractivity contribution in [2.75, 3.05) is 19.8 Å². The number of carbonyl (C=O) groups excluding carboxylic acids is 1. The van der Waals surface area contributed by atoms with Crippen LogP contribution >= 0.6 is 0 Å². The molecule has 0 radical (unpaired) electrons. The van der Waals surface area contributed by atoms with E-state index in [4.69, 9.17) is 14.9 Å². The minimum absolute atomic E-state index is 0.124. The molecule has 1 aromatic carbocycles. The zero-order valence-electron chi connectivity index (χ0n) is 17.5. The molecule has 1 saturated heterocycles. The number of benzene rings is 1. The average molecular weight is 408 g/mol. The summed E-state index contributed by atoms with van der Waals surface area (Å²) in [5.74, 6) is 0. The van der Waals surface area contributed by atoms with Crippen LogP contribution in [0.5, 0.6) is 0 Å². The van der Waals surface area contributed by atoms with Crippen LogP contribution in [-0.2, 0) is 21.1 Å². The number of hydrogen-bond donors (Lipinski definition) is 3. The molecule has 7 nitrogen and oxygen atoms in total. The van der Waals surface area contributed by atoms with Crippen LogP contribution in [0.4, 0.5) is 4.79 Å². The van der Waals surface area contributed by atoms with Crippen molar-refractivity contribution in [2.45, 2.75) is 63.4 Å². The summed E-state index contributed by atoms with van der Waals surface area (Å²) in [5, 5.41) is 9.37. The second-order valence-electron chi connectivity index (χ2n) is 9.33. The molecule has 0 bridgehead atoms. The smallest absolute Gasteiger partial charge is 0.410 e. The van der Waals surface area contributed by atoms with E-state index in [1.165, 1.54) is 0 Å². The van der Waals surface area contributed by atoms with E-state index in [0.717, 1.165) is 29.5 Å². The zero-order valence-corrected chi connectivity index (χ0v) is 18.5. The summed E-state index contributed by atoms with van der Waals surface area (Å²) in [7, 11) is -1.88. The molecule has 1 aliphatic carbocycles. The van der Waals surface area contributed by atoms with E-state index in [2.05, 4.69) is 39.3 Å². The van der Waals surface area contributed by atoms with Gasteiger partial charge in [0.25, 0.3) is 0 Å². The molecule has 156 valence electrons. The summed E-state index contributed by atoms with van der Waals surface area (Å²) in [5.41, 5.74) is 10.7. The van der Waals surface area contributed by atoms with E-state index in [1.807, 2.05) is 23.1 Å². The molecule has 1 amide bonds. The molecule has 8 heteroatoms. The fourth-order valence-electron chi connectivity index (χ4n) is 4.00. The molecule has 0 aromatic heterocycles. The Bertz CT molecular complexity index is 749. The number of nitrogens with two attached hydrogens (primary N) is 1. The first-order chi connectivity index (χ1) is 13.0. The molecule has 2 aliphatic rings. The number of hydrogen-bond acceptors (Lipinski definition) is 6. The minimum atomic E-state index is -1.88. The summed E-state index contributed by atoms with van der Waals surface area (Å²) in [6.45, 7) is 12.4. The number of fused-ring (bicyclic) bond motifs is 2. The Labute approximate surface area is 168 Å². The van der Waals surface area contributed by atoms with Gasteiger partial charge in [-0.3, -0.25) is 4.90 Å². The highest BCUT2D eigenvalue weighted by atomic mass is 28.4. The first-order valence-electron chi connectivity index (χ1n) is 9.89. The highest BCUT2D eigenvalue weighted by Gasteiger charge is 2.52. The number of carbonyl (C=O) groups is 1. The Balaban J connectivity index is 1.83. The lowest BCUT2D eigenvalue weighted by atomic mass is 9.90. The van der Waals surface area contributed by atoms with Crippen LogP contribution in [0.1, 0.15) is 50.0 Å². The molecule has 0 saturated carbocycles. The van der Waals surface area contributed by atoms with Gasteiger partial charge in [-0.25, -0.2) is 4.79 Å². The third kappa shape index (κ3) is 3.48. The molecule has 28 heavy (non-hydrogen) atoms. The molecule has 2 unspecified atom stereocenters. The first-order valence-corrected chi connectivity index (χ1v) is 12.8. The normalized spacial score (nSPS) is 23.2. The zero-order chi connectivity index (χ0) is 20.7. The lowest BCUT2D eigenvalue weighted by Gasteiger charge is -2.38. The maximum atomic E-state index is 12.6. The van der Waals surface area contributed by atoms with Crippen molar-refractivity contribution in [2.24, 2.45) is 5.73 Å². The molecule has 1 aromatic rings. The van der Waals surface area contributed by atoms with Gasteiger partial charge >= 0.3 is 6.09 Å². The van der Waals surface area contributed by atoms with Crippen LogP contribution in [-0.4, -0.2) is 44.3 Å². The molecule has 1 heterocycles. The van der Waals surface area contributed by atoms with Crippen LogP contribution in [0.25, 0.3) is 0 Å². The second-order valence-corrected chi connectivity index (χ2v) is 14.1. The molecule has 1 spiro atoms. The van der Waals surface area contributed by atoms with Crippen LogP contribution in [0.15, 0.2) is 18.2 Å². The number of nitrogens with zero attached hydrogens (tertiary/aromatic N) is 1. The number of ether oxygens (including phenoxy) is 1. The maximum Gasteiger partial charge on any atom is 0.410 e. The Morgan fingerprint density at radius 3 is 2.79 bits per heavy atom. The lowest BCUT2D eigenvalue weighted by molar-refractivity contribution is 0.128. The van der Waals surface area contributed by atoms with Gasteiger partial charge in [0.05, 0.1) is 6.61 Å². The van der Waals surface area contributed by atoms with Crippen molar-refractivity contribution in [3.8, 4) is 0 Å². The summed E-state index contributed by atoms with van der Waals surface area (Å²) in [4.78, 5) is 14.4. The van der Waals surface area contributed by atoms with E-state index < -0.39 is 20.0 Å². The molecule has 2 atom stereocenters. The van der Waals surface area contributed by atoms with Gasteiger partial charge in [0.1, 0.15) is 18.3 Å². The van der Waals surface area contributed by atoms with Gasteiger partial charge in [0.2, 0.25) is 0 Å². The third-order valence-corrected chi connectivity index (χ3v) is 11.3. The number of cyclic esters (lactones) is 1. The Morgan fingerprint density at radius 2 is 2.14 bits per heavy atom. The van der Waals surface area contributed by atoms with Crippen LogP contribution in [0.3, 0.4) is 0 Å². The number of nitrogens with one attached hydrogen (secondary N) is 1. The van der Waals surface area contributed by atoms with E-state index in [1.54, 1.807) is 0 Å². The van der Waals surface area contributed by atoms with Gasteiger partial charge in [-0.1, -0.05) is 39.0 Å². The SMILES string of the molecule is CC(C)(C)[Si](C)(C)OCCN1C(=O)OCC12CCc1c(C(N)NO)cccc12. The Hall–Kier alpha value is -1.45. The third-order valence-electron chi connectivity index (χ3n) is 6.73. The summed E-state index contributed by atoms with van der Waals surface area (Å²) in [6, 6.07) is 5.87. The average Bonchev–Trinajstić information content (AvgIpc) is 3.16. The van der Waals surface area contributed by atoms with Crippen molar-refractivity contribution in [3.63, 3.8) is 0 Å². The monoisotopic (exact) mass is 407 g/mol. The molecular formula is C20H33N3O4Si.